The molecule has 6 nitrogen and oxygen atoms in total. The molecule has 1 unspecified atom stereocenters. The van der Waals surface area contributed by atoms with Crippen molar-refractivity contribution in [2.75, 3.05) is 20.2 Å². The largest absolute Gasteiger partial charge is 0.463 e. The highest BCUT2D eigenvalue weighted by Gasteiger charge is 2.47. The van der Waals surface area contributed by atoms with E-state index in [9.17, 15) is 14.4 Å². The van der Waals surface area contributed by atoms with Crippen LogP contribution in [0.1, 0.15) is 67.4 Å². The molecule has 1 rings (SSSR count). The Morgan fingerprint density at radius 3 is 2.26 bits per heavy atom. The third-order valence-corrected chi connectivity index (χ3v) is 6.52. The summed E-state index contributed by atoms with van der Waals surface area (Å²) in [6.07, 6.45) is 1.94. The number of likely N-dealkylation sites (N-methyl/N-ethyl adjacent to an activating group) is 1. The third kappa shape index (κ3) is 6.92. The second-order valence-electron chi connectivity index (χ2n) is 9.79. The summed E-state index contributed by atoms with van der Waals surface area (Å²) in [5.41, 5.74) is -0.430. The molecule has 0 fully saturated rings. The van der Waals surface area contributed by atoms with Crippen LogP contribution in [0.15, 0.2) is 28.5 Å². The Labute approximate surface area is 191 Å². The van der Waals surface area contributed by atoms with Crippen LogP contribution < -0.4 is 5.32 Å². The van der Waals surface area contributed by atoms with Crippen molar-refractivity contribution in [3.63, 3.8) is 0 Å². The maximum absolute atomic E-state index is 13.4. The highest BCUT2D eigenvalue weighted by atomic mass is 32.1. The van der Waals surface area contributed by atoms with Gasteiger partial charge in [0, 0.05) is 25.6 Å². The summed E-state index contributed by atoms with van der Waals surface area (Å²) in [5, 5.41) is 7.07. The number of carbonyl (C=O) groups excluding carboxylic acids is 3. The lowest BCUT2D eigenvalue weighted by Crippen LogP contribution is -2.64. The lowest BCUT2D eigenvalue weighted by molar-refractivity contribution is -0.145. The topological polar surface area (TPSA) is 75.7 Å². The van der Waals surface area contributed by atoms with Gasteiger partial charge in [-0.1, -0.05) is 40.7 Å². The molecule has 1 N–H and O–H groups in total. The van der Waals surface area contributed by atoms with E-state index >= 15 is 0 Å². The fourth-order valence-corrected chi connectivity index (χ4v) is 3.95. The van der Waals surface area contributed by atoms with Crippen LogP contribution in [-0.4, -0.2) is 48.4 Å². The van der Waals surface area contributed by atoms with Crippen molar-refractivity contribution in [3.05, 3.63) is 34.0 Å². The molecule has 1 aromatic heterocycles. The van der Waals surface area contributed by atoms with Gasteiger partial charge < -0.3 is 15.0 Å². The maximum Gasteiger partial charge on any atom is 0.333 e. The number of nitrogens with one attached hydrogen (secondary N) is 1. The van der Waals surface area contributed by atoms with E-state index in [0.29, 0.717) is 12.2 Å². The number of hydrogen-bond acceptors (Lipinski definition) is 5. The van der Waals surface area contributed by atoms with Crippen LogP contribution in [0, 0.1) is 5.41 Å². The lowest BCUT2D eigenvalue weighted by Gasteiger charge is -2.43. The summed E-state index contributed by atoms with van der Waals surface area (Å²) in [6.45, 7) is 15.6. The zero-order chi connectivity index (χ0) is 24.0. The van der Waals surface area contributed by atoms with Crippen molar-refractivity contribution >= 4 is 29.1 Å². The molecular formula is C24H38N2O4S. The SMILES string of the molecule is CCOC(=O)/C(C)=C/CN(C)C(=O)C(C)(NC(=O)CC(C)(C)c1ccsc1)C(C)(C)C. The van der Waals surface area contributed by atoms with E-state index < -0.39 is 16.9 Å². The molecule has 0 saturated carbocycles. The second kappa shape index (κ2) is 10.4. The third-order valence-electron chi connectivity index (χ3n) is 5.84. The molecular weight excluding hydrogens is 412 g/mol. The summed E-state index contributed by atoms with van der Waals surface area (Å²) in [6, 6.07) is 2.03. The van der Waals surface area contributed by atoms with Gasteiger partial charge in [-0.2, -0.15) is 11.3 Å². The first-order valence-electron chi connectivity index (χ1n) is 10.6. The molecule has 174 valence electrons. The zero-order valence-corrected chi connectivity index (χ0v) is 21.2. The summed E-state index contributed by atoms with van der Waals surface area (Å²) in [5.74, 6) is -0.783. The van der Waals surface area contributed by atoms with Gasteiger partial charge in [-0.25, -0.2) is 4.79 Å². The summed E-state index contributed by atoms with van der Waals surface area (Å²) < 4.78 is 4.98. The van der Waals surface area contributed by atoms with E-state index in [1.54, 1.807) is 45.2 Å². The van der Waals surface area contributed by atoms with Gasteiger partial charge in [-0.3, -0.25) is 9.59 Å². The molecule has 1 aromatic rings. The van der Waals surface area contributed by atoms with Crippen LogP contribution in [0.3, 0.4) is 0 Å². The number of ether oxygens (including phenoxy) is 1. The normalized spacial score (nSPS) is 14.5. The number of carbonyl (C=O) groups is 3. The minimum atomic E-state index is -1.12. The van der Waals surface area contributed by atoms with E-state index in [4.69, 9.17) is 4.74 Å². The van der Waals surface area contributed by atoms with Gasteiger partial charge in [0.25, 0.3) is 0 Å². The first-order chi connectivity index (χ1) is 14.2. The van der Waals surface area contributed by atoms with Crippen molar-refractivity contribution in [2.45, 2.75) is 72.8 Å². The Balaban J connectivity index is 2.99. The highest BCUT2D eigenvalue weighted by molar-refractivity contribution is 7.08. The fourth-order valence-electron chi connectivity index (χ4n) is 3.10. The average molecular weight is 451 g/mol. The molecule has 0 saturated heterocycles. The predicted molar refractivity (Wildman–Crippen MR) is 126 cm³/mol. The van der Waals surface area contributed by atoms with Gasteiger partial charge in [0.1, 0.15) is 5.54 Å². The van der Waals surface area contributed by atoms with Gasteiger partial charge in [0.2, 0.25) is 11.8 Å². The molecule has 31 heavy (non-hydrogen) atoms. The number of rotatable bonds is 9. The van der Waals surface area contributed by atoms with Gasteiger partial charge in [-0.15, -0.1) is 0 Å². The first kappa shape index (κ1) is 26.9. The second-order valence-corrected chi connectivity index (χ2v) is 10.6. The molecule has 0 spiro atoms. The van der Waals surface area contributed by atoms with Crippen LogP contribution in [0.5, 0.6) is 0 Å². The van der Waals surface area contributed by atoms with Gasteiger partial charge >= 0.3 is 5.97 Å². The number of hydrogen-bond donors (Lipinski definition) is 1. The maximum atomic E-state index is 13.4. The molecule has 1 heterocycles. The van der Waals surface area contributed by atoms with Crippen LogP contribution in [0.4, 0.5) is 0 Å². The molecule has 0 bridgehead atoms. The Hall–Kier alpha value is -2.15. The molecule has 0 radical (unpaired) electrons. The smallest absolute Gasteiger partial charge is 0.333 e. The van der Waals surface area contributed by atoms with E-state index in [2.05, 4.69) is 5.32 Å². The van der Waals surface area contributed by atoms with Crippen molar-refractivity contribution in [1.29, 1.82) is 0 Å². The zero-order valence-electron chi connectivity index (χ0n) is 20.4. The number of amides is 2. The van der Waals surface area contributed by atoms with Crippen molar-refractivity contribution in [2.24, 2.45) is 5.41 Å². The van der Waals surface area contributed by atoms with Crippen molar-refractivity contribution in [3.8, 4) is 0 Å². The quantitative estimate of drug-likeness (QED) is 0.449. The lowest BCUT2D eigenvalue weighted by atomic mass is 9.73. The molecule has 0 aliphatic rings. The van der Waals surface area contributed by atoms with Crippen LogP contribution in [0.2, 0.25) is 0 Å². The molecule has 1 atom stereocenters. The average Bonchev–Trinajstić information content (AvgIpc) is 3.19. The number of thiophene rings is 1. The summed E-state index contributed by atoms with van der Waals surface area (Å²) >= 11 is 1.60. The fraction of sp³-hybridized carbons (Fsp3) is 0.625. The van der Waals surface area contributed by atoms with Gasteiger partial charge in [0.15, 0.2) is 0 Å². The van der Waals surface area contributed by atoms with E-state index in [1.807, 2.05) is 51.4 Å². The standard InChI is InChI=1S/C24H38N2O4S/c1-10-30-20(28)17(2)11-13-26(9)21(29)24(8,22(3,4)5)25-19(27)15-23(6,7)18-12-14-31-16-18/h11-12,14,16H,10,13,15H2,1-9H3,(H,25,27)/b17-11+. The Kier molecular flexibility index (Phi) is 9.06. The molecule has 0 aromatic carbocycles. The monoisotopic (exact) mass is 450 g/mol. The van der Waals surface area contributed by atoms with Crippen molar-refractivity contribution in [1.82, 2.24) is 10.2 Å². The molecule has 7 heteroatoms. The highest BCUT2D eigenvalue weighted by Crippen LogP contribution is 2.34. The number of esters is 1. The van der Waals surface area contributed by atoms with Crippen LogP contribution >= 0.6 is 11.3 Å². The summed E-state index contributed by atoms with van der Waals surface area (Å²) in [4.78, 5) is 39.8. The molecule has 0 aliphatic carbocycles. The van der Waals surface area contributed by atoms with Gasteiger partial charge in [0.05, 0.1) is 6.61 Å². The molecule has 0 aliphatic heterocycles. The van der Waals surface area contributed by atoms with E-state index in [1.165, 1.54) is 4.90 Å². The first-order valence-corrected chi connectivity index (χ1v) is 11.5. The predicted octanol–water partition coefficient (Wildman–Crippen LogP) is 4.30. The number of nitrogens with zero attached hydrogens (tertiary/aromatic N) is 1. The Bertz CT molecular complexity index is 806. The van der Waals surface area contributed by atoms with Crippen molar-refractivity contribution < 1.29 is 19.1 Å². The van der Waals surface area contributed by atoms with E-state index in [-0.39, 0.29) is 30.2 Å². The van der Waals surface area contributed by atoms with Crippen LogP contribution in [-0.2, 0) is 24.5 Å². The molecule has 2 amide bonds. The van der Waals surface area contributed by atoms with Crippen LogP contribution in [0.25, 0.3) is 0 Å². The Morgan fingerprint density at radius 2 is 1.77 bits per heavy atom. The van der Waals surface area contributed by atoms with E-state index in [0.717, 1.165) is 5.56 Å². The minimum absolute atomic E-state index is 0.173. The van der Waals surface area contributed by atoms with Gasteiger partial charge in [-0.05, 0) is 54.0 Å². The minimum Gasteiger partial charge on any atom is -0.463 e. The summed E-state index contributed by atoms with van der Waals surface area (Å²) in [7, 11) is 1.67. The Morgan fingerprint density at radius 1 is 1.16 bits per heavy atom.